The summed E-state index contributed by atoms with van der Waals surface area (Å²) in [6.45, 7) is 2.56. The van der Waals surface area contributed by atoms with E-state index in [0.29, 0.717) is 23.9 Å². The van der Waals surface area contributed by atoms with Gasteiger partial charge in [-0.05, 0) is 31.2 Å². The first-order valence-corrected chi connectivity index (χ1v) is 7.76. The fraction of sp³-hybridized carbons (Fsp3) is 0.231. The summed E-state index contributed by atoms with van der Waals surface area (Å²) in [7, 11) is -2.16. The van der Waals surface area contributed by atoms with Gasteiger partial charge in [0.25, 0.3) is 10.0 Å². The first kappa shape index (κ1) is 15.0. The van der Waals surface area contributed by atoms with Crippen molar-refractivity contribution in [2.75, 3.05) is 23.7 Å². The Morgan fingerprint density at radius 3 is 2.29 bits per heavy atom. The minimum Gasteiger partial charge on any atom is -0.497 e. The largest absolute Gasteiger partial charge is 0.497 e. The maximum Gasteiger partial charge on any atom is 0.264 e. The topological polar surface area (TPSA) is 93.2 Å². The monoisotopic (exact) mass is 308 g/mol. The molecule has 0 spiro atoms. The Morgan fingerprint density at radius 1 is 1.14 bits per heavy atom. The lowest BCUT2D eigenvalue weighted by atomic mass is 10.3. The highest BCUT2D eigenvalue weighted by atomic mass is 32.2. The number of hydrogen-bond acceptors (Lipinski definition) is 6. The Bertz CT molecular complexity index is 684. The molecule has 0 bridgehead atoms. The number of hydrogen-bond donors (Lipinski definition) is 2. The molecule has 2 rings (SSSR count). The van der Waals surface area contributed by atoms with Crippen LogP contribution in [-0.2, 0) is 10.0 Å². The maximum absolute atomic E-state index is 12.2. The number of nitrogens with zero attached hydrogens (tertiary/aromatic N) is 2. The van der Waals surface area contributed by atoms with Crippen LogP contribution in [0.2, 0.25) is 0 Å². The lowest BCUT2D eigenvalue weighted by Crippen LogP contribution is -2.14. The van der Waals surface area contributed by atoms with Gasteiger partial charge in [-0.3, -0.25) is 4.72 Å². The van der Waals surface area contributed by atoms with Gasteiger partial charge in [-0.1, -0.05) is 0 Å². The van der Waals surface area contributed by atoms with E-state index in [9.17, 15) is 8.42 Å². The van der Waals surface area contributed by atoms with Crippen LogP contribution in [0, 0.1) is 0 Å². The van der Waals surface area contributed by atoms with E-state index in [-0.39, 0.29) is 4.90 Å². The van der Waals surface area contributed by atoms with E-state index in [0.717, 1.165) is 0 Å². The fourth-order valence-corrected chi connectivity index (χ4v) is 2.52. The summed E-state index contributed by atoms with van der Waals surface area (Å²) >= 11 is 0. The number of nitrogens with one attached hydrogen (secondary N) is 2. The number of aromatic nitrogens is 2. The second-order valence-electron chi connectivity index (χ2n) is 4.11. The third-order valence-corrected chi connectivity index (χ3v) is 3.95. The quantitative estimate of drug-likeness (QED) is 0.844. The summed E-state index contributed by atoms with van der Waals surface area (Å²) in [5.74, 6) is 1.04. The number of anilines is 2. The molecule has 8 heteroatoms. The SMILES string of the molecule is CCNc1ncc(S(=O)(=O)Nc2ccc(OC)cc2)cn1. The molecule has 1 aromatic heterocycles. The molecule has 2 aromatic rings. The average molecular weight is 308 g/mol. The third kappa shape index (κ3) is 3.82. The van der Waals surface area contributed by atoms with Crippen molar-refractivity contribution in [2.24, 2.45) is 0 Å². The number of ether oxygens (including phenoxy) is 1. The molecule has 0 aliphatic carbocycles. The maximum atomic E-state index is 12.2. The van der Waals surface area contributed by atoms with Gasteiger partial charge in [0.15, 0.2) is 0 Å². The standard InChI is InChI=1S/C13H16N4O3S/c1-3-14-13-15-8-12(9-16-13)21(18,19)17-10-4-6-11(20-2)7-5-10/h4-9,17H,3H2,1-2H3,(H,14,15,16). The summed E-state index contributed by atoms with van der Waals surface area (Å²) in [6, 6.07) is 6.57. The molecule has 0 unspecified atom stereocenters. The van der Waals surface area contributed by atoms with Crippen LogP contribution in [0.15, 0.2) is 41.6 Å². The van der Waals surface area contributed by atoms with Gasteiger partial charge < -0.3 is 10.1 Å². The van der Waals surface area contributed by atoms with Crippen LogP contribution in [0.3, 0.4) is 0 Å². The van der Waals surface area contributed by atoms with Gasteiger partial charge in [0.2, 0.25) is 5.95 Å². The van der Waals surface area contributed by atoms with Gasteiger partial charge in [0.1, 0.15) is 10.6 Å². The fourth-order valence-electron chi connectivity index (χ4n) is 1.58. The van der Waals surface area contributed by atoms with Gasteiger partial charge in [-0.25, -0.2) is 18.4 Å². The Hall–Kier alpha value is -2.35. The molecule has 0 saturated heterocycles. The van der Waals surface area contributed by atoms with Crippen molar-refractivity contribution in [3.05, 3.63) is 36.7 Å². The summed E-state index contributed by atoms with van der Waals surface area (Å²) in [4.78, 5) is 7.88. The van der Waals surface area contributed by atoms with Crippen LogP contribution < -0.4 is 14.8 Å². The third-order valence-electron chi connectivity index (χ3n) is 2.62. The van der Waals surface area contributed by atoms with Gasteiger partial charge >= 0.3 is 0 Å². The van der Waals surface area contributed by atoms with E-state index >= 15 is 0 Å². The first-order chi connectivity index (χ1) is 10.0. The zero-order valence-corrected chi connectivity index (χ0v) is 12.5. The number of rotatable bonds is 6. The van der Waals surface area contributed by atoms with Gasteiger partial charge in [0.05, 0.1) is 19.5 Å². The Kier molecular flexibility index (Phi) is 4.59. The van der Waals surface area contributed by atoms with Crippen molar-refractivity contribution < 1.29 is 13.2 Å². The second kappa shape index (κ2) is 6.40. The van der Waals surface area contributed by atoms with Crippen molar-refractivity contribution in [3.63, 3.8) is 0 Å². The predicted molar refractivity (Wildman–Crippen MR) is 80.0 cm³/mol. The molecule has 0 radical (unpaired) electrons. The van der Waals surface area contributed by atoms with Crippen LogP contribution in [0.4, 0.5) is 11.6 Å². The number of methoxy groups -OCH3 is 1. The predicted octanol–water partition coefficient (Wildman–Crippen LogP) is 1.72. The molecule has 2 N–H and O–H groups in total. The van der Waals surface area contributed by atoms with E-state index in [2.05, 4.69) is 20.0 Å². The van der Waals surface area contributed by atoms with Crippen LogP contribution in [0.5, 0.6) is 5.75 Å². The van der Waals surface area contributed by atoms with Crippen molar-refractivity contribution in [1.29, 1.82) is 0 Å². The molecule has 0 amide bonds. The Morgan fingerprint density at radius 2 is 1.76 bits per heavy atom. The molecule has 1 aromatic carbocycles. The lowest BCUT2D eigenvalue weighted by molar-refractivity contribution is 0.415. The molecule has 0 saturated carbocycles. The lowest BCUT2D eigenvalue weighted by Gasteiger charge is -2.08. The van der Waals surface area contributed by atoms with Crippen LogP contribution >= 0.6 is 0 Å². The van der Waals surface area contributed by atoms with E-state index < -0.39 is 10.0 Å². The van der Waals surface area contributed by atoms with E-state index in [1.54, 1.807) is 31.4 Å². The minimum atomic E-state index is -3.71. The van der Waals surface area contributed by atoms with Gasteiger partial charge in [0, 0.05) is 12.2 Å². The normalized spacial score (nSPS) is 11.0. The summed E-state index contributed by atoms with van der Waals surface area (Å²) in [5.41, 5.74) is 0.437. The first-order valence-electron chi connectivity index (χ1n) is 6.28. The van der Waals surface area contributed by atoms with Crippen molar-refractivity contribution in [2.45, 2.75) is 11.8 Å². The van der Waals surface area contributed by atoms with Crippen molar-refractivity contribution in [1.82, 2.24) is 9.97 Å². The highest BCUT2D eigenvalue weighted by Gasteiger charge is 2.15. The smallest absolute Gasteiger partial charge is 0.264 e. The molecule has 0 aliphatic heterocycles. The highest BCUT2D eigenvalue weighted by molar-refractivity contribution is 7.92. The summed E-state index contributed by atoms with van der Waals surface area (Å²) < 4.78 is 31.8. The molecule has 21 heavy (non-hydrogen) atoms. The Balaban J connectivity index is 2.16. The molecule has 112 valence electrons. The number of benzene rings is 1. The van der Waals surface area contributed by atoms with Crippen LogP contribution in [-0.4, -0.2) is 32.0 Å². The zero-order chi connectivity index (χ0) is 15.3. The summed E-state index contributed by atoms with van der Waals surface area (Å²) in [6.07, 6.45) is 2.52. The van der Waals surface area contributed by atoms with Crippen molar-refractivity contribution in [3.8, 4) is 5.75 Å². The minimum absolute atomic E-state index is 0.0000267. The average Bonchev–Trinajstić information content (AvgIpc) is 2.48. The molecule has 0 aliphatic rings. The molecule has 0 fully saturated rings. The molecule has 0 atom stereocenters. The van der Waals surface area contributed by atoms with E-state index in [4.69, 9.17) is 4.74 Å². The second-order valence-corrected chi connectivity index (χ2v) is 5.79. The molecule has 7 nitrogen and oxygen atoms in total. The molecular formula is C13H16N4O3S. The van der Waals surface area contributed by atoms with Crippen LogP contribution in [0.25, 0.3) is 0 Å². The summed E-state index contributed by atoms with van der Waals surface area (Å²) in [5, 5.41) is 2.90. The van der Waals surface area contributed by atoms with Gasteiger partial charge in [-0.15, -0.1) is 0 Å². The van der Waals surface area contributed by atoms with Gasteiger partial charge in [-0.2, -0.15) is 0 Å². The molecular weight excluding hydrogens is 292 g/mol. The highest BCUT2D eigenvalue weighted by Crippen LogP contribution is 2.18. The number of sulfonamides is 1. The van der Waals surface area contributed by atoms with Crippen LogP contribution in [0.1, 0.15) is 6.92 Å². The van der Waals surface area contributed by atoms with E-state index in [1.165, 1.54) is 12.4 Å². The van der Waals surface area contributed by atoms with Crippen molar-refractivity contribution >= 4 is 21.7 Å². The zero-order valence-electron chi connectivity index (χ0n) is 11.7. The van der Waals surface area contributed by atoms with E-state index in [1.807, 2.05) is 6.92 Å². The Labute approximate surface area is 123 Å². The molecule has 1 heterocycles.